The van der Waals surface area contributed by atoms with Crippen LogP contribution in [-0.4, -0.2) is 105 Å². The highest BCUT2D eigenvalue weighted by Gasteiger charge is 2.33. The maximum absolute atomic E-state index is 13.5. The molecule has 0 radical (unpaired) electrons. The monoisotopic (exact) mass is 769 g/mol. The van der Waals surface area contributed by atoms with Crippen LogP contribution in [0.2, 0.25) is 0 Å². The van der Waals surface area contributed by atoms with Gasteiger partial charge in [-0.2, -0.15) is 0 Å². The van der Waals surface area contributed by atoms with Gasteiger partial charge in [-0.25, -0.2) is 4.79 Å². The van der Waals surface area contributed by atoms with Gasteiger partial charge in [0.15, 0.2) is 0 Å². The maximum atomic E-state index is 13.5. The van der Waals surface area contributed by atoms with Crippen LogP contribution in [0.5, 0.6) is 0 Å². The molecule has 3 aromatic rings. The van der Waals surface area contributed by atoms with Crippen LogP contribution in [0.3, 0.4) is 0 Å². The molecule has 0 spiro atoms. The van der Waals surface area contributed by atoms with Crippen LogP contribution in [-0.2, 0) is 36.8 Å². The molecule has 0 aliphatic carbocycles. The Morgan fingerprint density at radius 2 is 1.41 bits per heavy atom. The van der Waals surface area contributed by atoms with Crippen molar-refractivity contribution in [3.05, 3.63) is 107 Å². The van der Waals surface area contributed by atoms with E-state index in [1.807, 2.05) is 32.0 Å². The average Bonchev–Trinajstić information content (AvgIpc) is 3.61. The van der Waals surface area contributed by atoms with E-state index >= 15 is 0 Å². The van der Waals surface area contributed by atoms with Crippen LogP contribution >= 0.6 is 0 Å². The summed E-state index contributed by atoms with van der Waals surface area (Å²) in [6.45, 7) is 5.44. The molecule has 6 amide bonds. The molecular formula is C42H51N5O9. The highest BCUT2D eigenvalue weighted by atomic mass is 16.4. The van der Waals surface area contributed by atoms with Crippen molar-refractivity contribution in [3.8, 4) is 0 Å². The molecule has 5 N–H and O–H groups in total. The first kappa shape index (κ1) is 42.8. The predicted octanol–water partition coefficient (Wildman–Crippen LogP) is 2.73. The first-order valence-corrected chi connectivity index (χ1v) is 18.7. The highest BCUT2D eigenvalue weighted by molar-refractivity contribution is 6.07. The van der Waals surface area contributed by atoms with Gasteiger partial charge >= 0.3 is 5.97 Å². The van der Waals surface area contributed by atoms with Crippen LogP contribution in [0.1, 0.15) is 78.3 Å². The Bertz CT molecular complexity index is 1870. The quantitative estimate of drug-likeness (QED) is 0.121. The number of aliphatic hydroxyl groups excluding tert-OH is 1. The van der Waals surface area contributed by atoms with Gasteiger partial charge in [0.2, 0.25) is 23.6 Å². The second-order valence-corrected chi connectivity index (χ2v) is 14.5. The standard InChI is InChI=1S/C42H51N5O9/c1-26(2)21-33(39(52)43-27(3)40(53)46(4)34(42(55)56)23-29-15-9-6-10-16-29)44-36(49)25-35(48)32(22-28-13-7-5-8-14-28)45-38(51)30-17-11-18-31(24-30)41(54)47-20-12-19-37(47)50/h5-11,13-18,24,26-27,32-35,48H,12,19-23,25H2,1-4H3,(H,43,52)(H,44,49)(H,45,51)(H,55,56)/t27-,32-,33-,34+,35-/m0/s1. The molecule has 3 aromatic carbocycles. The number of carboxylic acids is 1. The Labute approximate surface area is 326 Å². The molecule has 0 unspecified atom stereocenters. The molecule has 0 saturated carbocycles. The van der Waals surface area contributed by atoms with Crippen molar-refractivity contribution in [2.75, 3.05) is 13.6 Å². The lowest BCUT2D eigenvalue weighted by Crippen LogP contribution is -2.56. The van der Waals surface area contributed by atoms with Gasteiger partial charge < -0.3 is 31.1 Å². The third-order valence-electron chi connectivity index (χ3n) is 9.62. The Morgan fingerprint density at radius 1 is 0.804 bits per heavy atom. The lowest BCUT2D eigenvalue weighted by molar-refractivity contribution is -0.150. The zero-order valence-electron chi connectivity index (χ0n) is 32.1. The van der Waals surface area contributed by atoms with Crippen LogP contribution in [0.15, 0.2) is 84.9 Å². The summed E-state index contributed by atoms with van der Waals surface area (Å²) in [6.07, 6.45) is -0.659. The number of imide groups is 1. The fraction of sp³-hybridized carbons (Fsp3) is 0.405. The first-order chi connectivity index (χ1) is 26.6. The van der Waals surface area contributed by atoms with E-state index in [0.29, 0.717) is 13.0 Å². The Morgan fingerprint density at radius 3 is 1.98 bits per heavy atom. The van der Waals surface area contributed by atoms with Crippen LogP contribution in [0.25, 0.3) is 0 Å². The Balaban J connectivity index is 1.43. The van der Waals surface area contributed by atoms with Gasteiger partial charge in [-0.1, -0.05) is 80.6 Å². The molecule has 0 aromatic heterocycles. The zero-order valence-corrected chi connectivity index (χ0v) is 32.1. The molecule has 1 aliphatic heterocycles. The van der Waals surface area contributed by atoms with E-state index in [-0.39, 0.29) is 48.6 Å². The van der Waals surface area contributed by atoms with Gasteiger partial charge in [0, 0.05) is 37.6 Å². The number of aliphatic carboxylic acids is 1. The third kappa shape index (κ3) is 12.1. The molecule has 1 heterocycles. The number of likely N-dealkylation sites (tertiary alicyclic amines) is 1. The van der Waals surface area contributed by atoms with Gasteiger partial charge in [0.25, 0.3) is 11.8 Å². The molecule has 298 valence electrons. The van der Waals surface area contributed by atoms with Crippen LogP contribution in [0, 0.1) is 5.92 Å². The van der Waals surface area contributed by atoms with Gasteiger partial charge in [0.1, 0.15) is 18.1 Å². The number of nitrogens with one attached hydrogen (secondary N) is 3. The average molecular weight is 770 g/mol. The van der Waals surface area contributed by atoms with Crippen molar-refractivity contribution in [2.24, 2.45) is 5.92 Å². The lowest BCUT2D eigenvalue weighted by Gasteiger charge is -2.29. The van der Waals surface area contributed by atoms with Crippen molar-refractivity contribution in [1.82, 2.24) is 25.8 Å². The minimum atomic E-state index is -1.42. The van der Waals surface area contributed by atoms with Gasteiger partial charge in [-0.3, -0.25) is 33.7 Å². The van der Waals surface area contributed by atoms with E-state index < -0.39 is 72.2 Å². The number of carbonyl (C=O) groups excluding carboxylic acids is 6. The molecule has 14 nitrogen and oxygen atoms in total. The minimum Gasteiger partial charge on any atom is -0.480 e. The number of hydrogen-bond acceptors (Lipinski definition) is 8. The van der Waals surface area contributed by atoms with E-state index in [9.17, 15) is 43.8 Å². The largest absolute Gasteiger partial charge is 0.480 e. The van der Waals surface area contributed by atoms with Crippen molar-refractivity contribution < 1.29 is 43.8 Å². The Kier molecular flexibility index (Phi) is 15.4. The van der Waals surface area contributed by atoms with Gasteiger partial charge in [-0.05, 0) is 61.4 Å². The van der Waals surface area contributed by atoms with E-state index in [1.54, 1.807) is 42.5 Å². The summed E-state index contributed by atoms with van der Waals surface area (Å²) < 4.78 is 0. The maximum Gasteiger partial charge on any atom is 0.326 e. The summed E-state index contributed by atoms with van der Waals surface area (Å²) in [6, 6.07) is 19.4. The summed E-state index contributed by atoms with van der Waals surface area (Å²) >= 11 is 0. The zero-order chi connectivity index (χ0) is 40.9. The SMILES string of the molecule is CC(C)C[C@H](NC(=O)C[C@H](O)[C@H](Cc1ccccc1)NC(=O)c1cccc(C(=O)N2CCCC2=O)c1)C(=O)N[C@@H](C)C(=O)N(C)[C@H](Cc1ccccc1)C(=O)O. The molecule has 14 heteroatoms. The lowest BCUT2D eigenvalue weighted by atomic mass is 9.97. The number of hydrogen-bond donors (Lipinski definition) is 5. The number of aliphatic hydroxyl groups is 1. The van der Waals surface area contributed by atoms with Crippen molar-refractivity contribution in [3.63, 3.8) is 0 Å². The molecule has 1 aliphatic rings. The van der Waals surface area contributed by atoms with Gasteiger partial charge in [-0.15, -0.1) is 0 Å². The highest BCUT2D eigenvalue weighted by Crippen LogP contribution is 2.17. The number of likely N-dealkylation sites (N-methyl/N-ethyl adjacent to an activating group) is 1. The van der Waals surface area contributed by atoms with Crippen molar-refractivity contribution >= 4 is 41.4 Å². The van der Waals surface area contributed by atoms with Crippen LogP contribution in [0.4, 0.5) is 0 Å². The molecule has 1 fully saturated rings. The molecular weight excluding hydrogens is 718 g/mol. The summed E-state index contributed by atoms with van der Waals surface area (Å²) in [5.41, 5.74) is 1.78. The van der Waals surface area contributed by atoms with Crippen LogP contribution < -0.4 is 16.0 Å². The first-order valence-electron chi connectivity index (χ1n) is 18.7. The van der Waals surface area contributed by atoms with E-state index in [0.717, 1.165) is 20.9 Å². The molecule has 1 saturated heterocycles. The van der Waals surface area contributed by atoms with E-state index in [4.69, 9.17) is 0 Å². The fourth-order valence-electron chi connectivity index (χ4n) is 6.57. The number of nitrogens with zero attached hydrogens (tertiary/aromatic N) is 2. The Hall–Kier alpha value is -5.89. The summed E-state index contributed by atoms with van der Waals surface area (Å²) in [7, 11) is 1.36. The third-order valence-corrected chi connectivity index (χ3v) is 9.62. The number of benzene rings is 3. The van der Waals surface area contributed by atoms with Crippen molar-refractivity contribution in [2.45, 2.75) is 89.6 Å². The number of carbonyl (C=O) groups is 7. The van der Waals surface area contributed by atoms with E-state index in [2.05, 4.69) is 16.0 Å². The summed E-state index contributed by atoms with van der Waals surface area (Å²) in [4.78, 5) is 93.3. The number of carboxylic acid groups (broad SMARTS) is 1. The molecule has 56 heavy (non-hydrogen) atoms. The normalized spacial score (nSPS) is 15.2. The molecule has 4 rings (SSSR count). The number of amides is 6. The molecule has 0 bridgehead atoms. The molecule has 5 atom stereocenters. The van der Waals surface area contributed by atoms with E-state index in [1.165, 1.54) is 38.2 Å². The van der Waals surface area contributed by atoms with Crippen molar-refractivity contribution in [1.29, 1.82) is 0 Å². The number of rotatable bonds is 18. The second kappa shape index (κ2) is 20.1. The van der Waals surface area contributed by atoms with Gasteiger partial charge in [0.05, 0.1) is 18.6 Å². The summed E-state index contributed by atoms with van der Waals surface area (Å²) in [5, 5.41) is 29.4. The second-order valence-electron chi connectivity index (χ2n) is 14.5. The summed E-state index contributed by atoms with van der Waals surface area (Å²) in [5.74, 6) is -4.63. The minimum absolute atomic E-state index is 0.0616. The smallest absolute Gasteiger partial charge is 0.326 e. The predicted molar refractivity (Wildman–Crippen MR) is 207 cm³/mol. The topological polar surface area (TPSA) is 203 Å². The fourth-order valence-corrected chi connectivity index (χ4v) is 6.57.